The van der Waals surface area contributed by atoms with Crippen molar-refractivity contribution in [2.75, 3.05) is 13.7 Å². The van der Waals surface area contributed by atoms with Gasteiger partial charge in [-0.2, -0.15) is 0 Å². The molecule has 1 fully saturated rings. The lowest BCUT2D eigenvalue weighted by Gasteiger charge is -2.40. The summed E-state index contributed by atoms with van der Waals surface area (Å²) >= 11 is 1.35. The van der Waals surface area contributed by atoms with Crippen LogP contribution in [0.5, 0.6) is 0 Å². The first-order valence-electron chi connectivity index (χ1n) is 22.0. The number of ether oxygens (including phenoxy) is 2. The van der Waals surface area contributed by atoms with Crippen molar-refractivity contribution in [2.24, 2.45) is 17.8 Å². The van der Waals surface area contributed by atoms with E-state index in [4.69, 9.17) is 18.9 Å². The molecule has 1 aliphatic rings. The van der Waals surface area contributed by atoms with E-state index in [1.165, 1.54) is 23.3 Å². The molecule has 0 bridgehead atoms. The number of carbonyl (C=O) groups excluding carboxylic acids is 5. The molecule has 2 aromatic rings. The number of amides is 4. The van der Waals surface area contributed by atoms with Gasteiger partial charge in [0.2, 0.25) is 11.8 Å². The van der Waals surface area contributed by atoms with Crippen LogP contribution in [0.15, 0.2) is 35.7 Å². The monoisotopic (exact) mass is 886 g/mol. The molecule has 1 aromatic carbocycles. The Balaban J connectivity index is 1.89. The maximum atomic E-state index is 14.3. The maximum Gasteiger partial charge on any atom is 0.410 e. The number of methoxy groups -OCH3 is 1. The van der Waals surface area contributed by atoms with Gasteiger partial charge in [0.15, 0.2) is 8.32 Å². The first-order valence-corrected chi connectivity index (χ1v) is 25.8. The summed E-state index contributed by atoms with van der Waals surface area (Å²) in [6, 6.07) is 7.48. The van der Waals surface area contributed by atoms with E-state index in [0.29, 0.717) is 43.7 Å². The van der Waals surface area contributed by atoms with Gasteiger partial charge in [-0.1, -0.05) is 92.1 Å². The van der Waals surface area contributed by atoms with Gasteiger partial charge in [-0.15, -0.1) is 11.3 Å². The maximum absolute atomic E-state index is 14.3. The van der Waals surface area contributed by atoms with Gasteiger partial charge in [-0.05, 0) is 94.8 Å². The Morgan fingerprint density at radius 3 is 2.16 bits per heavy atom. The summed E-state index contributed by atoms with van der Waals surface area (Å²) < 4.78 is 17.7. The minimum atomic E-state index is -2.42. The summed E-state index contributed by atoms with van der Waals surface area (Å²) in [5, 5.41) is 11.7. The SMILES string of the molecule is CC[C@H](C)[C@H](NC(=O)[C@H]1CCCCN1C(=O)OC(C)(C)C)C(=O)N[C@H](C[C@@H](O[Si](C)(C)C(C)(C)C)c1nc(C(=O)N[C@@H](Cc2ccccc2)C[C@H](C)C(=O)OC)cs1)C(C)C. The summed E-state index contributed by atoms with van der Waals surface area (Å²) in [4.78, 5) is 74.1. The summed E-state index contributed by atoms with van der Waals surface area (Å²) in [6.45, 7) is 26.4. The van der Waals surface area contributed by atoms with Crippen molar-refractivity contribution in [1.29, 1.82) is 0 Å². The van der Waals surface area contributed by atoms with Gasteiger partial charge in [0.1, 0.15) is 28.4 Å². The molecule has 2 heterocycles. The normalized spacial score (nSPS) is 18.0. The molecule has 342 valence electrons. The highest BCUT2D eigenvalue weighted by atomic mass is 32.1. The zero-order valence-corrected chi connectivity index (χ0v) is 41.1. The predicted octanol–water partition coefficient (Wildman–Crippen LogP) is 8.60. The van der Waals surface area contributed by atoms with Crippen LogP contribution in [0, 0.1) is 17.8 Å². The Morgan fingerprint density at radius 1 is 0.934 bits per heavy atom. The van der Waals surface area contributed by atoms with Crippen LogP contribution in [0.25, 0.3) is 0 Å². The van der Waals surface area contributed by atoms with E-state index in [1.54, 1.807) is 33.1 Å². The lowest BCUT2D eigenvalue weighted by Crippen LogP contribution is -2.59. The molecule has 0 saturated carbocycles. The molecule has 1 aromatic heterocycles. The zero-order chi connectivity index (χ0) is 45.9. The number of hydrogen-bond donors (Lipinski definition) is 3. The van der Waals surface area contributed by atoms with Crippen molar-refractivity contribution in [3.8, 4) is 0 Å². The molecule has 1 saturated heterocycles. The quantitative estimate of drug-likeness (QED) is 0.0926. The van der Waals surface area contributed by atoms with Gasteiger partial charge < -0.3 is 29.9 Å². The van der Waals surface area contributed by atoms with Gasteiger partial charge in [-0.3, -0.25) is 24.1 Å². The third-order valence-electron chi connectivity index (χ3n) is 12.0. The van der Waals surface area contributed by atoms with Crippen LogP contribution >= 0.6 is 11.3 Å². The Morgan fingerprint density at radius 2 is 1.59 bits per heavy atom. The van der Waals surface area contributed by atoms with Crippen molar-refractivity contribution >= 4 is 49.4 Å². The minimum absolute atomic E-state index is 0.0259. The second-order valence-electron chi connectivity index (χ2n) is 19.6. The lowest BCUT2D eigenvalue weighted by atomic mass is 9.94. The largest absolute Gasteiger partial charge is 0.469 e. The molecule has 0 unspecified atom stereocenters. The van der Waals surface area contributed by atoms with Crippen molar-refractivity contribution in [1.82, 2.24) is 25.8 Å². The number of benzene rings is 1. The average Bonchev–Trinajstić information content (AvgIpc) is 3.68. The Labute approximate surface area is 370 Å². The highest BCUT2D eigenvalue weighted by Gasteiger charge is 2.42. The molecule has 13 nitrogen and oxygen atoms in total. The number of rotatable bonds is 19. The number of thiazole rings is 1. The summed E-state index contributed by atoms with van der Waals surface area (Å²) in [7, 11) is -1.06. The van der Waals surface area contributed by atoms with Crippen LogP contribution in [0.1, 0.15) is 142 Å². The summed E-state index contributed by atoms with van der Waals surface area (Å²) in [5.41, 5.74) is 0.567. The standard InChI is InChI=1S/C46H75N5O8SSi/c1-15-30(4)38(50-40(53)36-23-19-20-24-51(36)44(56)58-45(6,7)8)41(54)48-34(29(2)3)27-37(59-61(13,14)46(9,10)11)42-49-35(28-60-42)39(52)47-33(25-31(5)43(55)57-12)26-32-21-17-16-18-22-32/h16-18,21-22,28-31,33-34,36-38H,15,19-20,23-27H2,1-14H3,(H,47,52)(H,48,54)(H,50,53)/t30-,31-,33+,34+,36+,37+,38-/m0/s1. The molecule has 3 rings (SSSR count). The number of nitrogens with one attached hydrogen (secondary N) is 3. The number of likely N-dealkylation sites (tertiary alicyclic amines) is 1. The number of hydrogen-bond acceptors (Lipinski definition) is 10. The van der Waals surface area contributed by atoms with E-state index < -0.39 is 44.1 Å². The van der Waals surface area contributed by atoms with Crippen molar-refractivity contribution in [2.45, 2.75) is 175 Å². The second-order valence-corrected chi connectivity index (χ2v) is 25.3. The molecular formula is C46H75N5O8SSi. The van der Waals surface area contributed by atoms with Crippen LogP contribution in [-0.2, 0) is 34.7 Å². The Hall–Kier alpha value is -3.82. The van der Waals surface area contributed by atoms with Crippen molar-refractivity contribution in [3.05, 3.63) is 52.0 Å². The third kappa shape index (κ3) is 15.5. The van der Waals surface area contributed by atoms with E-state index >= 15 is 0 Å². The molecule has 0 aliphatic carbocycles. The van der Waals surface area contributed by atoms with Gasteiger partial charge >= 0.3 is 12.1 Å². The van der Waals surface area contributed by atoms with E-state index in [0.717, 1.165) is 18.4 Å². The first-order chi connectivity index (χ1) is 28.4. The fraction of sp³-hybridized carbons (Fsp3) is 0.696. The second kappa shape index (κ2) is 22.5. The first kappa shape index (κ1) is 51.5. The number of piperidine rings is 1. The Kier molecular flexibility index (Phi) is 19.0. The molecule has 7 atom stereocenters. The fourth-order valence-electron chi connectivity index (χ4n) is 7.04. The van der Waals surface area contributed by atoms with Gasteiger partial charge in [-0.25, -0.2) is 9.78 Å². The van der Waals surface area contributed by atoms with Crippen molar-refractivity contribution < 1.29 is 37.9 Å². The molecule has 3 N–H and O–H groups in total. The van der Waals surface area contributed by atoms with Crippen LogP contribution in [-0.4, -0.2) is 91.4 Å². The van der Waals surface area contributed by atoms with E-state index in [9.17, 15) is 24.0 Å². The predicted molar refractivity (Wildman–Crippen MR) is 244 cm³/mol. The topological polar surface area (TPSA) is 165 Å². The number of nitrogens with zero attached hydrogens (tertiary/aromatic N) is 2. The Bertz CT molecular complexity index is 1760. The minimum Gasteiger partial charge on any atom is -0.469 e. The molecule has 1 aliphatic heterocycles. The zero-order valence-electron chi connectivity index (χ0n) is 39.3. The van der Waals surface area contributed by atoms with Crippen LogP contribution in [0.3, 0.4) is 0 Å². The van der Waals surface area contributed by atoms with E-state index in [-0.39, 0.29) is 58.3 Å². The number of esters is 1. The average molecular weight is 886 g/mol. The molecule has 61 heavy (non-hydrogen) atoms. The lowest BCUT2D eigenvalue weighted by molar-refractivity contribution is -0.145. The smallest absolute Gasteiger partial charge is 0.410 e. The van der Waals surface area contributed by atoms with Crippen LogP contribution in [0.2, 0.25) is 18.1 Å². The number of aromatic nitrogens is 1. The highest BCUT2D eigenvalue weighted by molar-refractivity contribution is 7.10. The molecular weight excluding hydrogens is 811 g/mol. The van der Waals surface area contributed by atoms with E-state index in [2.05, 4.69) is 49.8 Å². The van der Waals surface area contributed by atoms with Crippen LogP contribution in [0.4, 0.5) is 4.79 Å². The fourth-order valence-corrected chi connectivity index (χ4v) is 9.24. The van der Waals surface area contributed by atoms with Gasteiger partial charge in [0.05, 0.1) is 19.1 Å². The number of carbonyl (C=O) groups is 5. The molecule has 15 heteroatoms. The molecule has 4 amide bonds. The van der Waals surface area contributed by atoms with E-state index in [1.807, 2.05) is 58.0 Å². The summed E-state index contributed by atoms with van der Waals surface area (Å²) in [5.74, 6) is -2.02. The molecule has 0 spiro atoms. The molecule has 0 radical (unpaired) electrons. The third-order valence-corrected chi connectivity index (χ3v) is 17.4. The van der Waals surface area contributed by atoms with Crippen LogP contribution < -0.4 is 16.0 Å². The van der Waals surface area contributed by atoms with Gasteiger partial charge in [0.25, 0.3) is 5.91 Å². The van der Waals surface area contributed by atoms with Crippen molar-refractivity contribution in [3.63, 3.8) is 0 Å². The summed E-state index contributed by atoms with van der Waals surface area (Å²) in [6.07, 6.45) is 2.89. The van der Waals surface area contributed by atoms with Gasteiger partial charge in [0, 0.05) is 24.0 Å². The highest BCUT2D eigenvalue weighted by Crippen LogP contribution is 2.42.